The van der Waals surface area contributed by atoms with Gasteiger partial charge in [-0.1, -0.05) is 36.4 Å². The van der Waals surface area contributed by atoms with Crippen molar-refractivity contribution in [1.29, 1.82) is 0 Å². The fourth-order valence-corrected chi connectivity index (χ4v) is 3.47. The number of nitrogens with zero attached hydrogens (tertiary/aromatic N) is 1. The van der Waals surface area contributed by atoms with Crippen molar-refractivity contribution >= 4 is 23.4 Å². The third kappa shape index (κ3) is 4.73. The monoisotopic (exact) mass is 320 g/mol. The van der Waals surface area contributed by atoms with Crippen LogP contribution in [-0.2, 0) is 6.42 Å². The number of halogens is 1. The van der Waals surface area contributed by atoms with E-state index in [4.69, 9.17) is 17.3 Å². The quantitative estimate of drug-likeness (QED) is 0.861. The zero-order chi connectivity index (χ0) is 15.4. The number of hydrogen-bond acceptors (Lipinski definition) is 3. The summed E-state index contributed by atoms with van der Waals surface area (Å²) >= 11 is 8.01. The van der Waals surface area contributed by atoms with Crippen LogP contribution in [0.3, 0.4) is 0 Å². The van der Waals surface area contributed by atoms with E-state index in [2.05, 4.69) is 43.1 Å². The number of benzene rings is 1. The molecule has 4 heteroatoms. The van der Waals surface area contributed by atoms with E-state index in [1.54, 1.807) is 11.8 Å². The first kappa shape index (κ1) is 16.3. The lowest BCUT2D eigenvalue weighted by Crippen LogP contribution is -2.21. The first-order valence-electron chi connectivity index (χ1n) is 7.15. The molecule has 112 valence electrons. The summed E-state index contributed by atoms with van der Waals surface area (Å²) < 4.78 is 0. The van der Waals surface area contributed by atoms with Gasteiger partial charge < -0.3 is 5.73 Å². The standard InChI is InChI=1S/C17H21ClN2S/c1-4-14(19)9-13-5-6-15(10-16(13)18)21-17-8-11(2)7-12(3)20-17/h5-8,10,14H,4,9,19H2,1-3H3. The van der Waals surface area contributed by atoms with E-state index in [0.717, 1.165) is 39.0 Å². The average molecular weight is 321 g/mol. The molecule has 1 heterocycles. The predicted molar refractivity (Wildman–Crippen MR) is 91.3 cm³/mol. The van der Waals surface area contributed by atoms with E-state index < -0.39 is 0 Å². The maximum Gasteiger partial charge on any atom is 0.101 e. The van der Waals surface area contributed by atoms with Gasteiger partial charge in [0.1, 0.15) is 5.03 Å². The van der Waals surface area contributed by atoms with Gasteiger partial charge in [0, 0.05) is 21.7 Å². The number of pyridine rings is 1. The lowest BCUT2D eigenvalue weighted by atomic mass is 10.1. The molecule has 1 atom stereocenters. The van der Waals surface area contributed by atoms with Gasteiger partial charge in [-0.3, -0.25) is 0 Å². The fraction of sp³-hybridized carbons (Fsp3) is 0.353. The molecular formula is C17H21ClN2S. The molecule has 0 aliphatic carbocycles. The van der Waals surface area contributed by atoms with Gasteiger partial charge in [-0.15, -0.1) is 0 Å². The second kappa shape index (κ2) is 7.30. The molecule has 0 saturated heterocycles. The Morgan fingerprint density at radius 1 is 1.24 bits per heavy atom. The number of aryl methyl sites for hydroxylation is 2. The van der Waals surface area contributed by atoms with E-state index in [-0.39, 0.29) is 6.04 Å². The summed E-state index contributed by atoms with van der Waals surface area (Å²) in [5, 5.41) is 1.79. The lowest BCUT2D eigenvalue weighted by molar-refractivity contribution is 0.646. The zero-order valence-electron chi connectivity index (χ0n) is 12.7. The van der Waals surface area contributed by atoms with E-state index >= 15 is 0 Å². The summed E-state index contributed by atoms with van der Waals surface area (Å²) in [6, 6.07) is 10.5. The highest BCUT2D eigenvalue weighted by Gasteiger charge is 2.08. The number of aromatic nitrogens is 1. The van der Waals surface area contributed by atoms with Crippen LogP contribution < -0.4 is 5.73 Å². The van der Waals surface area contributed by atoms with Gasteiger partial charge >= 0.3 is 0 Å². The maximum atomic E-state index is 6.37. The van der Waals surface area contributed by atoms with Crippen LogP contribution in [0.4, 0.5) is 0 Å². The van der Waals surface area contributed by atoms with E-state index in [1.807, 2.05) is 13.0 Å². The normalized spacial score (nSPS) is 12.4. The smallest absolute Gasteiger partial charge is 0.101 e. The van der Waals surface area contributed by atoms with Crippen LogP contribution in [0.5, 0.6) is 0 Å². The number of hydrogen-bond donors (Lipinski definition) is 1. The highest BCUT2D eigenvalue weighted by atomic mass is 35.5. The Labute approximate surface area is 136 Å². The molecule has 0 aliphatic heterocycles. The Hall–Kier alpha value is -1.03. The Kier molecular flexibility index (Phi) is 5.68. The van der Waals surface area contributed by atoms with Crippen LogP contribution in [-0.4, -0.2) is 11.0 Å². The minimum Gasteiger partial charge on any atom is -0.327 e. The van der Waals surface area contributed by atoms with Crippen LogP contribution in [0.15, 0.2) is 40.3 Å². The first-order chi connectivity index (χ1) is 9.97. The van der Waals surface area contributed by atoms with Gasteiger partial charge in [0.15, 0.2) is 0 Å². The van der Waals surface area contributed by atoms with Crippen LogP contribution in [0.2, 0.25) is 5.02 Å². The largest absolute Gasteiger partial charge is 0.327 e. The minimum atomic E-state index is 0.169. The van der Waals surface area contributed by atoms with Crippen LogP contribution in [0.1, 0.15) is 30.2 Å². The van der Waals surface area contributed by atoms with E-state index in [0.29, 0.717) is 0 Å². The highest BCUT2D eigenvalue weighted by molar-refractivity contribution is 7.99. The van der Waals surface area contributed by atoms with Gasteiger partial charge in [-0.2, -0.15) is 0 Å². The van der Waals surface area contributed by atoms with Gasteiger partial charge in [0.25, 0.3) is 0 Å². The summed E-state index contributed by atoms with van der Waals surface area (Å²) in [6.07, 6.45) is 1.78. The summed E-state index contributed by atoms with van der Waals surface area (Å²) in [5.74, 6) is 0. The molecule has 0 aliphatic rings. The van der Waals surface area contributed by atoms with Crippen molar-refractivity contribution in [2.24, 2.45) is 5.73 Å². The van der Waals surface area contributed by atoms with Crippen molar-refractivity contribution in [3.8, 4) is 0 Å². The lowest BCUT2D eigenvalue weighted by Gasteiger charge is -2.11. The topological polar surface area (TPSA) is 38.9 Å². The third-order valence-electron chi connectivity index (χ3n) is 3.33. The first-order valence-corrected chi connectivity index (χ1v) is 8.34. The maximum absolute atomic E-state index is 6.37. The fourth-order valence-electron chi connectivity index (χ4n) is 2.16. The Morgan fingerprint density at radius 3 is 2.62 bits per heavy atom. The molecule has 1 aromatic heterocycles. The van der Waals surface area contributed by atoms with Crippen molar-refractivity contribution in [1.82, 2.24) is 4.98 Å². The summed E-state index contributed by atoms with van der Waals surface area (Å²) in [5.41, 5.74) is 9.37. The molecule has 0 spiro atoms. The molecular weight excluding hydrogens is 300 g/mol. The van der Waals surface area contributed by atoms with Gasteiger partial charge in [0.05, 0.1) is 0 Å². The zero-order valence-corrected chi connectivity index (χ0v) is 14.3. The molecule has 2 nitrogen and oxygen atoms in total. The highest BCUT2D eigenvalue weighted by Crippen LogP contribution is 2.30. The van der Waals surface area contributed by atoms with Crippen LogP contribution in [0, 0.1) is 13.8 Å². The van der Waals surface area contributed by atoms with E-state index in [1.165, 1.54) is 5.56 Å². The molecule has 0 radical (unpaired) electrons. The van der Waals surface area contributed by atoms with Crippen molar-refractivity contribution in [2.45, 2.75) is 49.6 Å². The van der Waals surface area contributed by atoms with Crippen LogP contribution >= 0.6 is 23.4 Å². The summed E-state index contributed by atoms with van der Waals surface area (Å²) in [4.78, 5) is 5.65. The molecule has 2 rings (SSSR count). The number of rotatable bonds is 5. The second-order valence-corrected chi connectivity index (χ2v) is 6.85. The molecule has 2 N–H and O–H groups in total. The molecule has 0 fully saturated rings. The Bertz CT molecular complexity index is 608. The van der Waals surface area contributed by atoms with Crippen molar-refractivity contribution < 1.29 is 0 Å². The molecule has 0 bridgehead atoms. The second-order valence-electron chi connectivity index (χ2n) is 5.35. The number of nitrogens with two attached hydrogens (primary N) is 1. The molecule has 1 aromatic carbocycles. The average Bonchev–Trinajstić information content (AvgIpc) is 2.40. The van der Waals surface area contributed by atoms with Crippen molar-refractivity contribution in [3.63, 3.8) is 0 Å². The van der Waals surface area contributed by atoms with Gasteiger partial charge in [-0.25, -0.2) is 4.98 Å². The Balaban J connectivity index is 2.16. The van der Waals surface area contributed by atoms with E-state index in [9.17, 15) is 0 Å². The molecule has 21 heavy (non-hydrogen) atoms. The minimum absolute atomic E-state index is 0.169. The summed E-state index contributed by atoms with van der Waals surface area (Å²) in [6.45, 7) is 6.19. The van der Waals surface area contributed by atoms with Crippen molar-refractivity contribution in [3.05, 3.63) is 52.2 Å². The molecule has 0 amide bonds. The van der Waals surface area contributed by atoms with Gasteiger partial charge in [-0.05, 0) is 62.1 Å². The SMILES string of the molecule is CCC(N)Cc1ccc(Sc2cc(C)cc(C)n2)cc1Cl. The van der Waals surface area contributed by atoms with Crippen molar-refractivity contribution in [2.75, 3.05) is 0 Å². The third-order valence-corrected chi connectivity index (χ3v) is 4.59. The van der Waals surface area contributed by atoms with Crippen LogP contribution in [0.25, 0.3) is 0 Å². The molecule has 2 aromatic rings. The molecule has 1 unspecified atom stereocenters. The Morgan fingerprint density at radius 2 is 2.00 bits per heavy atom. The van der Waals surface area contributed by atoms with Gasteiger partial charge in [0.2, 0.25) is 0 Å². The molecule has 0 saturated carbocycles. The predicted octanol–water partition coefficient (Wildman–Crippen LogP) is 4.78. The summed E-state index contributed by atoms with van der Waals surface area (Å²) in [7, 11) is 0.